The van der Waals surface area contributed by atoms with Crippen LogP contribution in [0, 0.1) is 0 Å². The van der Waals surface area contributed by atoms with Gasteiger partial charge in [0.25, 0.3) is 0 Å². The van der Waals surface area contributed by atoms with E-state index in [0.717, 1.165) is 17.1 Å². The normalized spacial score (nSPS) is 10.1. The summed E-state index contributed by atoms with van der Waals surface area (Å²) in [6.07, 6.45) is 4.36. The highest BCUT2D eigenvalue weighted by Crippen LogP contribution is 2.24. The zero-order chi connectivity index (χ0) is 8.27. The SMILES string of the molecule is CCc1ncnc(SC)c1Cl. The molecule has 0 aromatic carbocycles. The highest BCUT2D eigenvalue weighted by atomic mass is 35.5. The molecule has 0 aliphatic carbocycles. The number of thioether (sulfide) groups is 1. The largest absolute Gasteiger partial charge is 0.240 e. The molecule has 0 bridgehead atoms. The van der Waals surface area contributed by atoms with Gasteiger partial charge in [0, 0.05) is 0 Å². The third-order valence-electron chi connectivity index (χ3n) is 1.36. The van der Waals surface area contributed by atoms with E-state index in [9.17, 15) is 0 Å². The molecular weight excluding hydrogens is 180 g/mol. The molecule has 0 saturated carbocycles. The Kier molecular flexibility index (Phi) is 3.15. The summed E-state index contributed by atoms with van der Waals surface area (Å²) < 4.78 is 0. The number of hydrogen-bond acceptors (Lipinski definition) is 3. The Hall–Kier alpha value is -0.280. The number of nitrogens with zero attached hydrogens (tertiary/aromatic N) is 2. The maximum absolute atomic E-state index is 5.96. The van der Waals surface area contributed by atoms with E-state index in [4.69, 9.17) is 11.6 Å². The Morgan fingerprint density at radius 1 is 1.55 bits per heavy atom. The molecule has 0 atom stereocenters. The van der Waals surface area contributed by atoms with Crippen LogP contribution < -0.4 is 0 Å². The zero-order valence-electron chi connectivity index (χ0n) is 6.47. The maximum atomic E-state index is 5.96. The summed E-state index contributed by atoms with van der Waals surface area (Å²) in [6, 6.07) is 0. The fourth-order valence-corrected chi connectivity index (χ4v) is 1.69. The van der Waals surface area contributed by atoms with Crippen LogP contribution in [0.15, 0.2) is 11.4 Å². The molecule has 0 N–H and O–H groups in total. The minimum Gasteiger partial charge on any atom is -0.240 e. The number of aryl methyl sites for hydroxylation is 1. The number of halogens is 1. The lowest BCUT2D eigenvalue weighted by Crippen LogP contribution is -1.92. The maximum Gasteiger partial charge on any atom is 0.118 e. The second kappa shape index (κ2) is 3.93. The molecule has 0 aliphatic rings. The van der Waals surface area contributed by atoms with E-state index >= 15 is 0 Å². The molecule has 0 amide bonds. The first-order valence-corrected chi connectivity index (χ1v) is 4.93. The average molecular weight is 189 g/mol. The zero-order valence-corrected chi connectivity index (χ0v) is 8.04. The van der Waals surface area contributed by atoms with Crippen LogP contribution in [0.1, 0.15) is 12.6 Å². The highest BCUT2D eigenvalue weighted by molar-refractivity contribution is 7.98. The molecule has 2 nitrogen and oxygen atoms in total. The summed E-state index contributed by atoms with van der Waals surface area (Å²) in [5.74, 6) is 0. The minimum atomic E-state index is 0.697. The summed E-state index contributed by atoms with van der Waals surface area (Å²) in [5.41, 5.74) is 0.922. The number of aromatic nitrogens is 2. The molecule has 1 aromatic rings. The van der Waals surface area contributed by atoms with Gasteiger partial charge in [0.2, 0.25) is 0 Å². The third-order valence-corrected chi connectivity index (χ3v) is 2.56. The van der Waals surface area contributed by atoms with E-state index in [0.29, 0.717) is 5.02 Å². The van der Waals surface area contributed by atoms with Crippen LogP contribution in [0.25, 0.3) is 0 Å². The summed E-state index contributed by atoms with van der Waals surface area (Å²) in [7, 11) is 0. The van der Waals surface area contributed by atoms with Gasteiger partial charge in [0.1, 0.15) is 11.4 Å². The average Bonchev–Trinajstić information content (AvgIpc) is 2.05. The van der Waals surface area contributed by atoms with Gasteiger partial charge in [-0.25, -0.2) is 9.97 Å². The van der Waals surface area contributed by atoms with Crippen LogP contribution in [0.5, 0.6) is 0 Å². The van der Waals surface area contributed by atoms with Crippen molar-refractivity contribution in [3.8, 4) is 0 Å². The van der Waals surface area contributed by atoms with Gasteiger partial charge >= 0.3 is 0 Å². The van der Waals surface area contributed by atoms with Crippen LogP contribution >= 0.6 is 23.4 Å². The lowest BCUT2D eigenvalue weighted by Gasteiger charge is -2.01. The Morgan fingerprint density at radius 2 is 2.27 bits per heavy atom. The van der Waals surface area contributed by atoms with Gasteiger partial charge in [-0.15, -0.1) is 11.8 Å². The van der Waals surface area contributed by atoms with Gasteiger partial charge in [-0.1, -0.05) is 18.5 Å². The van der Waals surface area contributed by atoms with Gasteiger partial charge in [0.15, 0.2) is 0 Å². The van der Waals surface area contributed by atoms with Crippen molar-refractivity contribution in [2.24, 2.45) is 0 Å². The van der Waals surface area contributed by atoms with Gasteiger partial charge in [0.05, 0.1) is 10.7 Å². The van der Waals surface area contributed by atoms with Crippen molar-refractivity contribution in [2.75, 3.05) is 6.26 Å². The van der Waals surface area contributed by atoms with Crippen molar-refractivity contribution in [2.45, 2.75) is 18.4 Å². The van der Waals surface area contributed by atoms with Crippen LogP contribution in [0.3, 0.4) is 0 Å². The van der Waals surface area contributed by atoms with Crippen molar-refractivity contribution < 1.29 is 0 Å². The molecule has 0 saturated heterocycles. The molecule has 0 fully saturated rings. The van der Waals surface area contributed by atoms with Gasteiger partial charge in [-0.05, 0) is 12.7 Å². The van der Waals surface area contributed by atoms with E-state index in [2.05, 4.69) is 9.97 Å². The van der Waals surface area contributed by atoms with Crippen molar-refractivity contribution in [1.82, 2.24) is 9.97 Å². The summed E-state index contributed by atoms with van der Waals surface area (Å²) in [6.45, 7) is 2.03. The fourth-order valence-electron chi connectivity index (χ4n) is 0.777. The standard InChI is InChI=1S/C7H9ClN2S/c1-3-5-6(8)7(11-2)10-4-9-5/h4H,3H2,1-2H3. The molecule has 60 valence electrons. The fraction of sp³-hybridized carbons (Fsp3) is 0.429. The molecule has 1 aromatic heterocycles. The van der Waals surface area contributed by atoms with Gasteiger partial charge in [-0.3, -0.25) is 0 Å². The highest BCUT2D eigenvalue weighted by Gasteiger charge is 2.04. The monoisotopic (exact) mass is 188 g/mol. The van der Waals surface area contributed by atoms with Crippen molar-refractivity contribution in [1.29, 1.82) is 0 Å². The second-order valence-electron chi connectivity index (χ2n) is 2.00. The summed E-state index contributed by atoms with van der Waals surface area (Å²) in [5, 5.41) is 1.56. The van der Waals surface area contributed by atoms with E-state index in [-0.39, 0.29) is 0 Å². The molecule has 1 rings (SSSR count). The first-order chi connectivity index (χ1) is 5.29. The number of hydrogen-bond donors (Lipinski definition) is 0. The second-order valence-corrected chi connectivity index (χ2v) is 3.17. The Labute approximate surface area is 75.4 Å². The van der Waals surface area contributed by atoms with Crippen LogP contribution in [0.4, 0.5) is 0 Å². The minimum absolute atomic E-state index is 0.697. The van der Waals surface area contributed by atoms with E-state index < -0.39 is 0 Å². The number of rotatable bonds is 2. The first kappa shape index (κ1) is 8.81. The molecule has 0 unspecified atom stereocenters. The third kappa shape index (κ3) is 1.84. The molecule has 11 heavy (non-hydrogen) atoms. The van der Waals surface area contributed by atoms with Gasteiger partial charge < -0.3 is 0 Å². The molecule has 0 aliphatic heterocycles. The summed E-state index contributed by atoms with van der Waals surface area (Å²) >= 11 is 7.51. The topological polar surface area (TPSA) is 25.8 Å². The van der Waals surface area contributed by atoms with Crippen molar-refractivity contribution >= 4 is 23.4 Å². The van der Waals surface area contributed by atoms with E-state index in [1.807, 2.05) is 13.2 Å². The van der Waals surface area contributed by atoms with Crippen LogP contribution in [0.2, 0.25) is 5.02 Å². The quantitative estimate of drug-likeness (QED) is 0.527. The molecule has 4 heteroatoms. The smallest absolute Gasteiger partial charge is 0.118 e. The lowest BCUT2D eigenvalue weighted by atomic mass is 10.3. The summed E-state index contributed by atoms with van der Waals surface area (Å²) in [4.78, 5) is 8.07. The first-order valence-electron chi connectivity index (χ1n) is 3.33. The Bertz CT molecular complexity index is 230. The molecule has 1 heterocycles. The predicted octanol–water partition coefficient (Wildman–Crippen LogP) is 2.41. The van der Waals surface area contributed by atoms with Crippen molar-refractivity contribution in [3.63, 3.8) is 0 Å². The molecule has 0 radical (unpaired) electrons. The van der Waals surface area contributed by atoms with Crippen molar-refractivity contribution in [3.05, 3.63) is 17.0 Å². The molecular formula is C7H9ClN2S. The van der Waals surface area contributed by atoms with E-state index in [1.165, 1.54) is 0 Å². The predicted molar refractivity (Wildman–Crippen MR) is 48.2 cm³/mol. The van der Waals surface area contributed by atoms with Gasteiger partial charge in [-0.2, -0.15) is 0 Å². The van der Waals surface area contributed by atoms with E-state index in [1.54, 1.807) is 18.1 Å². The molecule has 0 spiro atoms. The Morgan fingerprint density at radius 3 is 2.82 bits per heavy atom. The lowest BCUT2D eigenvalue weighted by molar-refractivity contribution is 0.947. The Balaban J connectivity index is 3.10. The van der Waals surface area contributed by atoms with Crippen LogP contribution in [-0.4, -0.2) is 16.2 Å². The van der Waals surface area contributed by atoms with Crippen LogP contribution in [-0.2, 0) is 6.42 Å².